The number of benzene rings is 3. The lowest BCUT2D eigenvalue weighted by atomic mass is 10.2. The number of sulfonamides is 1. The summed E-state index contributed by atoms with van der Waals surface area (Å²) in [5.74, 6) is -1.11. The number of para-hydroxylation sites is 1. The standard InChI is InChI=1S/C21H18ClFN2O3S/c1-15-5-2-3-8-20(15)25(29(27,28)19-11-9-16(22)10-12-19)14-21(26)24-18-7-4-6-17(23)13-18/h2-13H,14H2,1H3,(H,24,26). The topological polar surface area (TPSA) is 66.5 Å². The van der Waals surface area contributed by atoms with Gasteiger partial charge in [0.15, 0.2) is 0 Å². The molecular formula is C21H18ClFN2O3S. The zero-order valence-electron chi connectivity index (χ0n) is 15.5. The minimum atomic E-state index is -4.05. The third kappa shape index (κ3) is 4.93. The van der Waals surface area contributed by atoms with Crippen LogP contribution in [-0.4, -0.2) is 20.9 Å². The molecule has 5 nitrogen and oxygen atoms in total. The second kappa shape index (κ2) is 8.63. The SMILES string of the molecule is Cc1ccccc1N(CC(=O)Nc1cccc(F)c1)S(=O)(=O)c1ccc(Cl)cc1. The van der Waals surface area contributed by atoms with E-state index in [0.717, 1.165) is 10.4 Å². The molecule has 1 N–H and O–H groups in total. The number of hydrogen-bond acceptors (Lipinski definition) is 3. The molecule has 0 spiro atoms. The minimum Gasteiger partial charge on any atom is -0.324 e. The van der Waals surface area contributed by atoms with Crippen LogP contribution in [0.5, 0.6) is 0 Å². The summed E-state index contributed by atoms with van der Waals surface area (Å²) in [6, 6.07) is 17.9. The van der Waals surface area contributed by atoms with Crippen LogP contribution in [0.25, 0.3) is 0 Å². The lowest BCUT2D eigenvalue weighted by Gasteiger charge is -2.25. The number of anilines is 2. The van der Waals surface area contributed by atoms with E-state index < -0.39 is 28.3 Å². The van der Waals surface area contributed by atoms with Crippen LogP contribution in [-0.2, 0) is 14.8 Å². The average molecular weight is 433 g/mol. The van der Waals surface area contributed by atoms with Crippen molar-refractivity contribution in [1.29, 1.82) is 0 Å². The van der Waals surface area contributed by atoms with E-state index in [-0.39, 0.29) is 10.6 Å². The Morgan fingerprint density at radius 3 is 2.38 bits per heavy atom. The van der Waals surface area contributed by atoms with Gasteiger partial charge in [-0.25, -0.2) is 12.8 Å². The maximum atomic E-state index is 13.4. The number of amides is 1. The third-order valence-corrected chi connectivity index (χ3v) is 6.21. The predicted molar refractivity (Wildman–Crippen MR) is 112 cm³/mol. The molecule has 29 heavy (non-hydrogen) atoms. The first-order valence-electron chi connectivity index (χ1n) is 8.67. The van der Waals surface area contributed by atoms with Gasteiger partial charge in [0.25, 0.3) is 10.0 Å². The van der Waals surface area contributed by atoms with Gasteiger partial charge in [-0.3, -0.25) is 9.10 Å². The summed E-state index contributed by atoms with van der Waals surface area (Å²) < 4.78 is 41.0. The number of carbonyl (C=O) groups excluding carboxylic acids is 1. The summed E-state index contributed by atoms with van der Waals surface area (Å²) in [6.45, 7) is 1.27. The monoisotopic (exact) mass is 432 g/mol. The molecule has 1 amide bonds. The maximum absolute atomic E-state index is 13.4. The molecule has 0 fully saturated rings. The average Bonchev–Trinajstić information content (AvgIpc) is 2.67. The van der Waals surface area contributed by atoms with Crippen LogP contribution < -0.4 is 9.62 Å². The lowest BCUT2D eigenvalue weighted by molar-refractivity contribution is -0.114. The van der Waals surface area contributed by atoms with E-state index in [1.54, 1.807) is 31.2 Å². The zero-order valence-corrected chi connectivity index (χ0v) is 17.0. The molecule has 0 radical (unpaired) electrons. The first-order valence-corrected chi connectivity index (χ1v) is 10.5. The van der Waals surface area contributed by atoms with E-state index in [1.807, 2.05) is 0 Å². The van der Waals surface area contributed by atoms with Crippen molar-refractivity contribution in [1.82, 2.24) is 0 Å². The summed E-state index contributed by atoms with van der Waals surface area (Å²) in [6.07, 6.45) is 0. The molecule has 0 bridgehead atoms. The Morgan fingerprint density at radius 1 is 1.03 bits per heavy atom. The normalized spacial score (nSPS) is 11.1. The second-order valence-electron chi connectivity index (χ2n) is 6.31. The van der Waals surface area contributed by atoms with Crippen molar-refractivity contribution in [3.8, 4) is 0 Å². The van der Waals surface area contributed by atoms with Crippen LogP contribution in [0.2, 0.25) is 5.02 Å². The van der Waals surface area contributed by atoms with Gasteiger partial charge >= 0.3 is 0 Å². The van der Waals surface area contributed by atoms with E-state index in [1.165, 1.54) is 42.5 Å². The number of carbonyl (C=O) groups is 1. The number of nitrogens with zero attached hydrogens (tertiary/aromatic N) is 1. The van der Waals surface area contributed by atoms with Gasteiger partial charge in [0.1, 0.15) is 12.4 Å². The van der Waals surface area contributed by atoms with Crippen molar-refractivity contribution in [3.05, 3.63) is 89.2 Å². The maximum Gasteiger partial charge on any atom is 0.264 e. The van der Waals surface area contributed by atoms with Gasteiger partial charge in [0.05, 0.1) is 10.6 Å². The van der Waals surface area contributed by atoms with E-state index in [2.05, 4.69) is 5.32 Å². The molecule has 150 valence electrons. The van der Waals surface area contributed by atoms with Crippen molar-refractivity contribution in [2.24, 2.45) is 0 Å². The Balaban J connectivity index is 1.96. The quantitative estimate of drug-likeness (QED) is 0.618. The third-order valence-electron chi connectivity index (χ3n) is 4.18. The van der Waals surface area contributed by atoms with Crippen LogP contribution in [0.3, 0.4) is 0 Å². The smallest absolute Gasteiger partial charge is 0.264 e. The van der Waals surface area contributed by atoms with Gasteiger partial charge < -0.3 is 5.32 Å². The fraction of sp³-hybridized carbons (Fsp3) is 0.0952. The lowest BCUT2D eigenvalue weighted by Crippen LogP contribution is -2.38. The van der Waals surface area contributed by atoms with Gasteiger partial charge in [-0.1, -0.05) is 35.9 Å². The Kier molecular flexibility index (Phi) is 6.20. The van der Waals surface area contributed by atoms with Crippen molar-refractivity contribution in [2.45, 2.75) is 11.8 Å². The highest BCUT2D eigenvalue weighted by atomic mass is 35.5. The highest BCUT2D eigenvalue weighted by Gasteiger charge is 2.28. The molecular weight excluding hydrogens is 415 g/mol. The van der Waals surface area contributed by atoms with Crippen LogP contribution in [0.1, 0.15) is 5.56 Å². The van der Waals surface area contributed by atoms with Crippen molar-refractivity contribution < 1.29 is 17.6 Å². The Labute approximate surface area is 173 Å². The van der Waals surface area contributed by atoms with Crippen LogP contribution in [0.15, 0.2) is 77.7 Å². The zero-order chi connectivity index (χ0) is 21.0. The molecule has 0 saturated heterocycles. The van der Waals surface area contributed by atoms with Gasteiger partial charge in [-0.05, 0) is 61.0 Å². The molecule has 0 heterocycles. The highest BCUT2D eigenvalue weighted by Crippen LogP contribution is 2.27. The molecule has 0 aliphatic carbocycles. The minimum absolute atomic E-state index is 0.00343. The molecule has 3 aromatic rings. The summed E-state index contributed by atoms with van der Waals surface area (Å²) in [4.78, 5) is 12.6. The van der Waals surface area contributed by atoms with Crippen LogP contribution in [0, 0.1) is 12.7 Å². The highest BCUT2D eigenvalue weighted by molar-refractivity contribution is 7.92. The Hall–Kier alpha value is -2.90. The summed E-state index contributed by atoms with van der Waals surface area (Å²) >= 11 is 5.87. The molecule has 0 atom stereocenters. The number of rotatable bonds is 6. The summed E-state index contributed by atoms with van der Waals surface area (Å²) in [5, 5.41) is 2.93. The Morgan fingerprint density at radius 2 is 1.72 bits per heavy atom. The molecule has 8 heteroatoms. The largest absolute Gasteiger partial charge is 0.324 e. The van der Waals surface area contributed by atoms with Crippen molar-refractivity contribution in [2.75, 3.05) is 16.2 Å². The van der Waals surface area contributed by atoms with Gasteiger partial charge in [0, 0.05) is 10.7 Å². The van der Waals surface area contributed by atoms with Crippen LogP contribution >= 0.6 is 11.6 Å². The fourth-order valence-electron chi connectivity index (χ4n) is 2.77. The molecule has 0 aliphatic rings. The van der Waals surface area contributed by atoms with E-state index in [0.29, 0.717) is 16.3 Å². The number of halogens is 2. The molecule has 0 unspecified atom stereocenters. The molecule has 3 rings (SSSR count). The summed E-state index contributed by atoms with van der Waals surface area (Å²) in [7, 11) is -4.05. The van der Waals surface area contributed by atoms with Crippen molar-refractivity contribution >= 4 is 38.9 Å². The van der Waals surface area contributed by atoms with Gasteiger partial charge in [-0.2, -0.15) is 0 Å². The molecule has 0 saturated carbocycles. The number of nitrogens with one attached hydrogen (secondary N) is 1. The van der Waals surface area contributed by atoms with Gasteiger partial charge in [-0.15, -0.1) is 0 Å². The van der Waals surface area contributed by atoms with Crippen LogP contribution in [0.4, 0.5) is 15.8 Å². The predicted octanol–water partition coefficient (Wildman–Crippen LogP) is 4.62. The fourth-order valence-corrected chi connectivity index (χ4v) is 4.39. The number of aryl methyl sites for hydroxylation is 1. The summed E-state index contributed by atoms with van der Waals surface area (Å²) in [5.41, 5.74) is 1.30. The molecule has 3 aromatic carbocycles. The van der Waals surface area contributed by atoms with E-state index in [4.69, 9.17) is 11.6 Å². The van der Waals surface area contributed by atoms with Crippen molar-refractivity contribution in [3.63, 3.8) is 0 Å². The van der Waals surface area contributed by atoms with E-state index in [9.17, 15) is 17.6 Å². The Bertz CT molecular complexity index is 1130. The first kappa shape index (κ1) is 20.8. The van der Waals surface area contributed by atoms with E-state index >= 15 is 0 Å². The first-order chi connectivity index (χ1) is 13.8. The second-order valence-corrected chi connectivity index (χ2v) is 8.61. The number of hydrogen-bond donors (Lipinski definition) is 1. The molecule has 0 aromatic heterocycles. The van der Waals surface area contributed by atoms with Gasteiger partial charge in [0.2, 0.25) is 5.91 Å². The molecule has 0 aliphatic heterocycles.